The van der Waals surface area contributed by atoms with Gasteiger partial charge >= 0.3 is 5.69 Å². The number of hydrazone groups is 1. The Bertz CT molecular complexity index is 1220. The van der Waals surface area contributed by atoms with E-state index in [0.717, 1.165) is 16.5 Å². The molecule has 1 N–H and O–H groups in total. The van der Waals surface area contributed by atoms with Gasteiger partial charge in [0.15, 0.2) is 0 Å². The second-order valence-electron chi connectivity index (χ2n) is 6.51. The number of pyridine rings is 1. The Hall–Kier alpha value is -4.26. The molecule has 0 amide bonds. The number of para-hydroxylation sites is 1. The van der Waals surface area contributed by atoms with Crippen molar-refractivity contribution in [2.75, 3.05) is 5.43 Å². The van der Waals surface area contributed by atoms with Crippen molar-refractivity contribution in [1.29, 1.82) is 0 Å². The average molecular weight is 398 g/mol. The van der Waals surface area contributed by atoms with Crippen LogP contribution in [0, 0.1) is 10.1 Å². The molecular formula is C23H18N4O3. The van der Waals surface area contributed by atoms with E-state index in [9.17, 15) is 10.1 Å². The van der Waals surface area contributed by atoms with Crippen LogP contribution in [-0.2, 0) is 6.61 Å². The molecule has 0 unspecified atom stereocenters. The first kappa shape index (κ1) is 19.1. The number of anilines is 1. The van der Waals surface area contributed by atoms with Gasteiger partial charge in [-0.05, 0) is 40.6 Å². The van der Waals surface area contributed by atoms with E-state index in [0.29, 0.717) is 12.4 Å². The smallest absolute Gasteiger partial charge is 0.313 e. The maximum absolute atomic E-state index is 11.1. The van der Waals surface area contributed by atoms with Crippen LogP contribution in [0.1, 0.15) is 11.1 Å². The number of nitro groups is 1. The minimum absolute atomic E-state index is 0.0771. The first-order chi connectivity index (χ1) is 14.7. The quantitative estimate of drug-likeness (QED) is 0.264. The maximum Gasteiger partial charge on any atom is 0.313 e. The zero-order valence-corrected chi connectivity index (χ0v) is 15.9. The Morgan fingerprint density at radius 3 is 2.67 bits per heavy atom. The van der Waals surface area contributed by atoms with E-state index >= 15 is 0 Å². The molecule has 148 valence electrons. The molecule has 0 atom stereocenters. The van der Waals surface area contributed by atoms with Crippen LogP contribution in [0.4, 0.5) is 11.5 Å². The standard InChI is InChI=1S/C23H18N4O3/c28-27(29)21-9-5-13-24-23(21)26-25-15-20-8-3-4-10-22(20)30-16-17-11-12-18-6-1-2-7-19(18)14-17/h1-15H,16H2,(H,24,26)/b25-15-. The van der Waals surface area contributed by atoms with Gasteiger partial charge in [-0.1, -0.05) is 48.5 Å². The Labute approximate surface area is 172 Å². The van der Waals surface area contributed by atoms with Gasteiger partial charge < -0.3 is 4.74 Å². The molecule has 0 saturated carbocycles. The van der Waals surface area contributed by atoms with E-state index in [-0.39, 0.29) is 11.5 Å². The van der Waals surface area contributed by atoms with Crippen molar-refractivity contribution in [2.45, 2.75) is 6.61 Å². The molecule has 0 spiro atoms. The number of aromatic nitrogens is 1. The monoisotopic (exact) mass is 398 g/mol. The van der Waals surface area contributed by atoms with Crippen molar-refractivity contribution < 1.29 is 9.66 Å². The summed E-state index contributed by atoms with van der Waals surface area (Å²) in [6, 6.07) is 24.7. The molecule has 4 aromatic rings. The molecule has 0 aliphatic heterocycles. The van der Waals surface area contributed by atoms with Gasteiger partial charge in [0.2, 0.25) is 5.82 Å². The number of fused-ring (bicyclic) bond motifs is 1. The van der Waals surface area contributed by atoms with Crippen molar-refractivity contribution in [3.8, 4) is 5.75 Å². The summed E-state index contributed by atoms with van der Waals surface area (Å²) < 4.78 is 5.99. The number of nitrogens with zero attached hydrogens (tertiary/aromatic N) is 3. The zero-order chi connectivity index (χ0) is 20.8. The molecule has 0 fully saturated rings. The maximum atomic E-state index is 11.1. The highest BCUT2D eigenvalue weighted by Crippen LogP contribution is 2.22. The number of hydrogen-bond donors (Lipinski definition) is 1. The fourth-order valence-corrected chi connectivity index (χ4v) is 3.00. The van der Waals surface area contributed by atoms with E-state index < -0.39 is 4.92 Å². The molecule has 1 aromatic heterocycles. The predicted octanol–water partition coefficient (Wildman–Crippen LogP) is 5.17. The molecule has 0 saturated heterocycles. The summed E-state index contributed by atoms with van der Waals surface area (Å²) in [5.74, 6) is 0.736. The van der Waals surface area contributed by atoms with Gasteiger partial charge in [0.1, 0.15) is 12.4 Å². The summed E-state index contributed by atoms with van der Waals surface area (Å²) in [5.41, 5.74) is 4.28. The molecule has 4 rings (SSSR count). The number of nitrogens with one attached hydrogen (secondary N) is 1. The van der Waals surface area contributed by atoms with Gasteiger partial charge in [0.05, 0.1) is 11.1 Å². The Kier molecular flexibility index (Phi) is 5.61. The predicted molar refractivity (Wildman–Crippen MR) is 117 cm³/mol. The molecule has 0 bridgehead atoms. The molecule has 7 heteroatoms. The van der Waals surface area contributed by atoms with Crippen molar-refractivity contribution in [2.24, 2.45) is 5.10 Å². The Morgan fingerprint density at radius 2 is 1.80 bits per heavy atom. The molecule has 1 heterocycles. The van der Waals surface area contributed by atoms with Gasteiger partial charge in [-0.2, -0.15) is 5.10 Å². The summed E-state index contributed by atoms with van der Waals surface area (Å²) in [7, 11) is 0. The van der Waals surface area contributed by atoms with E-state index in [4.69, 9.17) is 4.74 Å². The first-order valence-electron chi connectivity index (χ1n) is 9.29. The third-order valence-electron chi connectivity index (χ3n) is 4.48. The molecule has 0 aliphatic rings. The normalized spacial score (nSPS) is 10.9. The van der Waals surface area contributed by atoms with Crippen LogP contribution in [0.15, 0.2) is 90.2 Å². The van der Waals surface area contributed by atoms with Crippen molar-refractivity contribution in [1.82, 2.24) is 4.98 Å². The van der Waals surface area contributed by atoms with E-state index in [1.165, 1.54) is 23.7 Å². The SMILES string of the molecule is O=[N+]([O-])c1cccnc1N/N=C\c1ccccc1OCc1ccc2ccccc2c1. The molecule has 0 aliphatic carbocycles. The van der Waals surface area contributed by atoms with Crippen LogP contribution >= 0.6 is 0 Å². The summed E-state index contributed by atoms with van der Waals surface area (Å²) in [6.07, 6.45) is 3.01. The fourth-order valence-electron chi connectivity index (χ4n) is 3.00. The van der Waals surface area contributed by atoms with Gasteiger partial charge in [-0.3, -0.25) is 15.5 Å². The minimum Gasteiger partial charge on any atom is -0.488 e. The van der Waals surface area contributed by atoms with Crippen LogP contribution in [0.25, 0.3) is 10.8 Å². The molecule has 30 heavy (non-hydrogen) atoms. The van der Waals surface area contributed by atoms with E-state index in [2.05, 4.69) is 39.8 Å². The topological polar surface area (TPSA) is 89.7 Å². The fraction of sp³-hybridized carbons (Fsp3) is 0.0435. The number of rotatable bonds is 7. The summed E-state index contributed by atoms with van der Waals surface area (Å²) in [4.78, 5) is 14.5. The third-order valence-corrected chi connectivity index (χ3v) is 4.48. The minimum atomic E-state index is -0.508. The van der Waals surface area contributed by atoms with Gasteiger partial charge in [-0.15, -0.1) is 0 Å². The summed E-state index contributed by atoms with van der Waals surface area (Å²) in [6.45, 7) is 0.412. The lowest BCUT2D eigenvalue weighted by Gasteiger charge is -2.10. The van der Waals surface area contributed by atoms with Crippen LogP contribution in [0.2, 0.25) is 0 Å². The summed E-state index contributed by atoms with van der Waals surface area (Å²) >= 11 is 0. The van der Waals surface area contributed by atoms with Gasteiger partial charge in [0, 0.05) is 17.8 Å². The zero-order valence-electron chi connectivity index (χ0n) is 15.9. The largest absolute Gasteiger partial charge is 0.488 e. The molecule has 7 nitrogen and oxygen atoms in total. The molecule has 0 radical (unpaired) electrons. The lowest BCUT2D eigenvalue weighted by atomic mass is 10.1. The second-order valence-corrected chi connectivity index (χ2v) is 6.51. The van der Waals surface area contributed by atoms with Gasteiger partial charge in [-0.25, -0.2) is 4.98 Å². The van der Waals surface area contributed by atoms with Crippen LogP contribution in [-0.4, -0.2) is 16.1 Å². The average Bonchev–Trinajstić information content (AvgIpc) is 2.78. The first-order valence-corrected chi connectivity index (χ1v) is 9.29. The lowest BCUT2D eigenvalue weighted by Crippen LogP contribution is -2.01. The van der Waals surface area contributed by atoms with Crippen molar-refractivity contribution in [3.05, 3.63) is 106 Å². The van der Waals surface area contributed by atoms with Crippen LogP contribution < -0.4 is 10.2 Å². The lowest BCUT2D eigenvalue weighted by molar-refractivity contribution is -0.384. The number of benzene rings is 3. The second kappa shape index (κ2) is 8.83. The van der Waals surface area contributed by atoms with Crippen LogP contribution in [0.3, 0.4) is 0 Å². The Balaban J connectivity index is 1.47. The van der Waals surface area contributed by atoms with Crippen LogP contribution in [0.5, 0.6) is 5.75 Å². The summed E-state index contributed by atoms with van der Waals surface area (Å²) in [5, 5.41) is 17.5. The third kappa shape index (κ3) is 4.41. The highest BCUT2D eigenvalue weighted by atomic mass is 16.6. The van der Waals surface area contributed by atoms with Gasteiger partial charge in [0.25, 0.3) is 0 Å². The highest BCUT2D eigenvalue weighted by Gasteiger charge is 2.13. The van der Waals surface area contributed by atoms with Crippen molar-refractivity contribution >= 4 is 28.5 Å². The highest BCUT2D eigenvalue weighted by molar-refractivity contribution is 5.84. The number of hydrogen-bond acceptors (Lipinski definition) is 6. The Morgan fingerprint density at radius 1 is 1.00 bits per heavy atom. The van der Waals surface area contributed by atoms with E-state index in [1.807, 2.05) is 42.5 Å². The molecule has 3 aromatic carbocycles. The number of ether oxygens (including phenoxy) is 1. The molecular weight excluding hydrogens is 380 g/mol. The van der Waals surface area contributed by atoms with E-state index in [1.54, 1.807) is 6.21 Å². The van der Waals surface area contributed by atoms with Crippen molar-refractivity contribution in [3.63, 3.8) is 0 Å².